The molecule has 0 radical (unpaired) electrons. The summed E-state index contributed by atoms with van der Waals surface area (Å²) >= 11 is 0. The van der Waals surface area contributed by atoms with Crippen LogP contribution in [0, 0.1) is 0 Å². The van der Waals surface area contributed by atoms with Gasteiger partial charge in [0.25, 0.3) is 0 Å². The molecule has 0 aromatic carbocycles. The van der Waals surface area contributed by atoms with Crippen LogP contribution in [-0.2, 0) is 4.74 Å². The van der Waals surface area contributed by atoms with Gasteiger partial charge in [0.2, 0.25) is 0 Å². The maximum Gasteiger partial charge on any atom is 0.407 e. The molecule has 0 fully saturated rings. The van der Waals surface area contributed by atoms with E-state index in [9.17, 15) is 4.79 Å². The first kappa shape index (κ1) is 13.3. The summed E-state index contributed by atoms with van der Waals surface area (Å²) < 4.78 is 5.06. The Balaban J connectivity index is 4.22. The van der Waals surface area contributed by atoms with Gasteiger partial charge in [-0.25, -0.2) is 4.79 Å². The van der Waals surface area contributed by atoms with Crippen LogP contribution in [0.15, 0.2) is 0 Å². The first-order valence-corrected chi connectivity index (χ1v) is 5.48. The van der Waals surface area contributed by atoms with Crippen molar-refractivity contribution in [2.75, 3.05) is 0 Å². The lowest BCUT2D eigenvalue weighted by molar-refractivity contribution is 0.102. The molecule has 0 saturated heterocycles. The smallest absolute Gasteiger partial charge is 0.407 e. The highest BCUT2D eigenvalue weighted by molar-refractivity contribution is 5.68. The van der Waals surface area contributed by atoms with Gasteiger partial charge in [0.15, 0.2) is 0 Å². The van der Waals surface area contributed by atoms with Gasteiger partial charge in [-0.3, -0.25) is 0 Å². The van der Waals surface area contributed by atoms with E-state index in [1.54, 1.807) is 0 Å². The highest BCUT2D eigenvalue weighted by Gasteiger charge is 2.26. The second-order valence-corrected chi connectivity index (χ2v) is 3.92. The molecule has 3 nitrogen and oxygen atoms in total. The molecule has 0 heterocycles. The average Bonchev–Trinajstić information content (AvgIpc) is 2.13. The lowest BCUT2D eigenvalue weighted by Crippen LogP contribution is -2.47. The zero-order valence-corrected chi connectivity index (χ0v) is 10.0. The van der Waals surface area contributed by atoms with Crippen molar-refractivity contribution in [2.45, 2.75) is 65.5 Å². The number of carbonyl (C=O) groups excluding carboxylic acids is 1. The fourth-order valence-electron chi connectivity index (χ4n) is 1.48. The highest BCUT2D eigenvalue weighted by Crippen LogP contribution is 2.19. The van der Waals surface area contributed by atoms with Crippen LogP contribution in [0.25, 0.3) is 0 Å². The van der Waals surface area contributed by atoms with Crippen molar-refractivity contribution in [3.63, 3.8) is 0 Å². The van der Waals surface area contributed by atoms with Gasteiger partial charge in [-0.05, 0) is 33.1 Å². The maximum absolute atomic E-state index is 11.4. The van der Waals surface area contributed by atoms with Crippen molar-refractivity contribution < 1.29 is 9.53 Å². The van der Waals surface area contributed by atoms with E-state index in [2.05, 4.69) is 26.1 Å². The largest absolute Gasteiger partial charge is 0.447 e. The molecule has 0 aliphatic heterocycles. The van der Waals surface area contributed by atoms with E-state index in [0.717, 1.165) is 19.3 Å². The second kappa shape index (κ2) is 5.89. The summed E-state index contributed by atoms with van der Waals surface area (Å²) in [6, 6.07) is 0. The molecule has 84 valence electrons. The van der Waals surface area contributed by atoms with E-state index in [1.165, 1.54) is 0 Å². The van der Waals surface area contributed by atoms with E-state index in [4.69, 9.17) is 4.74 Å². The zero-order chi connectivity index (χ0) is 11.2. The number of carbonyl (C=O) groups is 1. The van der Waals surface area contributed by atoms with Gasteiger partial charge in [0.05, 0.1) is 6.10 Å². The molecule has 0 saturated carbocycles. The molecule has 0 aromatic rings. The third-order valence-corrected chi connectivity index (χ3v) is 2.74. The molecule has 0 aliphatic carbocycles. The second-order valence-electron chi connectivity index (χ2n) is 3.92. The van der Waals surface area contributed by atoms with Crippen molar-refractivity contribution in [2.24, 2.45) is 0 Å². The van der Waals surface area contributed by atoms with E-state index >= 15 is 0 Å². The quantitative estimate of drug-likeness (QED) is 0.742. The third kappa shape index (κ3) is 3.99. The molecule has 3 heteroatoms. The predicted octanol–water partition coefficient (Wildman–Crippen LogP) is 3.09. The van der Waals surface area contributed by atoms with Crippen LogP contribution in [0.4, 0.5) is 4.79 Å². The minimum atomic E-state index is -0.300. The molecule has 0 bridgehead atoms. The molecule has 1 N–H and O–H groups in total. The zero-order valence-electron chi connectivity index (χ0n) is 10.0. The summed E-state index contributed by atoms with van der Waals surface area (Å²) in [6.07, 6.45) is 2.46. The minimum absolute atomic E-state index is 0.0572. The summed E-state index contributed by atoms with van der Waals surface area (Å²) in [6.45, 7) is 9.96. The summed E-state index contributed by atoms with van der Waals surface area (Å²) in [5.41, 5.74) is -0.0913. The molecular weight excluding hydrogens is 178 g/mol. The summed E-state index contributed by atoms with van der Waals surface area (Å²) in [5.74, 6) is 0. The van der Waals surface area contributed by atoms with E-state index in [0.29, 0.717) is 0 Å². The van der Waals surface area contributed by atoms with E-state index in [1.807, 2.05) is 13.8 Å². The average molecular weight is 201 g/mol. The Morgan fingerprint density at radius 1 is 1.21 bits per heavy atom. The van der Waals surface area contributed by atoms with Gasteiger partial charge in [-0.15, -0.1) is 0 Å². The van der Waals surface area contributed by atoms with Crippen molar-refractivity contribution in [1.82, 2.24) is 5.32 Å². The van der Waals surface area contributed by atoms with Crippen molar-refractivity contribution in [1.29, 1.82) is 0 Å². The lowest BCUT2D eigenvalue weighted by Gasteiger charge is -2.31. The Hall–Kier alpha value is -0.730. The number of amides is 1. The number of alkyl carbamates (subject to hydrolysis) is 1. The third-order valence-electron chi connectivity index (χ3n) is 2.74. The molecule has 1 amide bonds. The van der Waals surface area contributed by atoms with Crippen LogP contribution in [0.3, 0.4) is 0 Å². The van der Waals surface area contributed by atoms with Crippen molar-refractivity contribution in [3.05, 3.63) is 0 Å². The fourth-order valence-corrected chi connectivity index (χ4v) is 1.48. The van der Waals surface area contributed by atoms with Gasteiger partial charge < -0.3 is 10.1 Å². The molecule has 14 heavy (non-hydrogen) atoms. The van der Waals surface area contributed by atoms with Gasteiger partial charge in [-0.2, -0.15) is 0 Å². The van der Waals surface area contributed by atoms with Gasteiger partial charge >= 0.3 is 6.09 Å². The van der Waals surface area contributed by atoms with Crippen LogP contribution in [-0.4, -0.2) is 17.7 Å². The summed E-state index contributed by atoms with van der Waals surface area (Å²) in [4.78, 5) is 11.4. The predicted molar refractivity (Wildman–Crippen MR) is 58.4 cm³/mol. The number of rotatable bonds is 5. The molecule has 0 rings (SSSR count). The Morgan fingerprint density at radius 2 is 1.64 bits per heavy atom. The Labute approximate surface area is 87.2 Å². The van der Waals surface area contributed by atoms with Crippen LogP contribution in [0.1, 0.15) is 53.9 Å². The molecule has 0 unspecified atom stereocenters. The molecule has 0 aromatic heterocycles. The Morgan fingerprint density at radius 3 is 1.93 bits per heavy atom. The van der Waals surface area contributed by atoms with E-state index < -0.39 is 0 Å². The molecule has 0 aliphatic rings. The van der Waals surface area contributed by atoms with Crippen LogP contribution >= 0.6 is 0 Å². The van der Waals surface area contributed by atoms with Crippen molar-refractivity contribution >= 4 is 6.09 Å². The Kier molecular flexibility index (Phi) is 5.58. The summed E-state index contributed by atoms with van der Waals surface area (Å²) in [5, 5.41) is 2.95. The summed E-state index contributed by atoms with van der Waals surface area (Å²) in [7, 11) is 0. The van der Waals surface area contributed by atoms with Gasteiger partial charge in [0, 0.05) is 5.54 Å². The standard InChI is InChI=1S/C11H23NO2/c1-6-11(7-2,8-3)12-10(13)14-9(4)5/h9H,6-8H2,1-5H3,(H,12,13). The van der Waals surface area contributed by atoms with Crippen LogP contribution < -0.4 is 5.32 Å². The topological polar surface area (TPSA) is 38.3 Å². The molecule has 0 spiro atoms. The number of ether oxygens (including phenoxy) is 1. The van der Waals surface area contributed by atoms with Gasteiger partial charge in [-0.1, -0.05) is 20.8 Å². The SMILES string of the molecule is CCC(CC)(CC)NC(=O)OC(C)C. The minimum Gasteiger partial charge on any atom is -0.447 e. The van der Waals surface area contributed by atoms with Gasteiger partial charge in [0.1, 0.15) is 0 Å². The Bertz CT molecular complexity index is 166. The van der Waals surface area contributed by atoms with Crippen LogP contribution in [0.2, 0.25) is 0 Å². The normalized spacial score (nSPS) is 11.6. The lowest BCUT2D eigenvalue weighted by atomic mass is 9.90. The number of nitrogens with one attached hydrogen (secondary N) is 1. The number of hydrogen-bond donors (Lipinski definition) is 1. The van der Waals surface area contributed by atoms with Crippen LogP contribution in [0.5, 0.6) is 0 Å². The molecular formula is C11H23NO2. The fraction of sp³-hybridized carbons (Fsp3) is 0.909. The maximum atomic E-state index is 11.4. The first-order valence-electron chi connectivity index (χ1n) is 5.48. The first-order chi connectivity index (χ1) is 6.49. The van der Waals surface area contributed by atoms with Crippen molar-refractivity contribution in [3.8, 4) is 0 Å². The van der Waals surface area contributed by atoms with E-state index in [-0.39, 0.29) is 17.7 Å². The number of hydrogen-bond acceptors (Lipinski definition) is 2. The monoisotopic (exact) mass is 201 g/mol. The molecule has 0 atom stereocenters. The highest BCUT2D eigenvalue weighted by atomic mass is 16.6.